The highest BCUT2D eigenvalue weighted by molar-refractivity contribution is 6.04. The van der Waals surface area contributed by atoms with E-state index in [0.29, 0.717) is 28.4 Å². The first kappa shape index (κ1) is 23.0. The number of hydrogen-bond donors (Lipinski definition) is 1. The second-order valence-electron chi connectivity index (χ2n) is 8.97. The Hall–Kier alpha value is -3.78. The summed E-state index contributed by atoms with van der Waals surface area (Å²) < 4.78 is 26.2. The fourth-order valence-electron chi connectivity index (χ4n) is 4.48. The molecule has 5 rings (SSSR count). The van der Waals surface area contributed by atoms with E-state index in [4.69, 9.17) is 0 Å². The van der Waals surface area contributed by atoms with E-state index in [2.05, 4.69) is 38.5 Å². The minimum atomic E-state index is -2.59. The Balaban J connectivity index is 1.36. The van der Waals surface area contributed by atoms with E-state index in [0.717, 1.165) is 43.1 Å². The molecule has 0 radical (unpaired) electrons. The molecule has 35 heavy (non-hydrogen) atoms. The number of hydrogen-bond acceptors (Lipinski definition) is 5. The highest BCUT2D eigenvalue weighted by Gasteiger charge is 2.19. The van der Waals surface area contributed by atoms with E-state index in [1.807, 2.05) is 18.2 Å². The van der Waals surface area contributed by atoms with Gasteiger partial charge in [-0.05, 0) is 86.4 Å². The summed E-state index contributed by atoms with van der Waals surface area (Å²) in [7, 11) is 2.13. The maximum Gasteiger partial charge on any atom is 0.265 e. The van der Waals surface area contributed by atoms with Crippen LogP contribution >= 0.6 is 0 Å². The number of anilines is 1. The van der Waals surface area contributed by atoms with Crippen LogP contribution in [0.3, 0.4) is 0 Å². The molecular formula is C27H25F2N5O. The third kappa shape index (κ3) is 5.17. The molecule has 2 aromatic heterocycles. The first-order valence-electron chi connectivity index (χ1n) is 11.6. The minimum absolute atomic E-state index is 0.133. The van der Waals surface area contributed by atoms with Crippen LogP contribution in [0.25, 0.3) is 22.0 Å². The molecule has 1 saturated heterocycles. The molecule has 0 bridgehead atoms. The molecule has 0 saturated carbocycles. The average molecular weight is 474 g/mol. The number of alkyl halides is 2. The van der Waals surface area contributed by atoms with Crippen molar-refractivity contribution in [2.24, 2.45) is 0 Å². The van der Waals surface area contributed by atoms with Crippen molar-refractivity contribution in [1.29, 1.82) is 0 Å². The number of carbonyl (C=O) groups is 1. The fourth-order valence-corrected chi connectivity index (χ4v) is 4.48. The highest BCUT2D eigenvalue weighted by atomic mass is 19.3. The van der Waals surface area contributed by atoms with Gasteiger partial charge in [0.15, 0.2) is 5.82 Å². The molecule has 0 aliphatic carbocycles. The molecule has 1 aliphatic heterocycles. The van der Waals surface area contributed by atoms with E-state index in [-0.39, 0.29) is 11.5 Å². The Kier molecular flexibility index (Phi) is 6.46. The smallest absolute Gasteiger partial charge is 0.265 e. The maximum absolute atomic E-state index is 13.1. The van der Waals surface area contributed by atoms with Gasteiger partial charge >= 0.3 is 0 Å². The molecule has 0 unspecified atom stereocenters. The van der Waals surface area contributed by atoms with Crippen LogP contribution in [0.5, 0.6) is 0 Å². The summed E-state index contributed by atoms with van der Waals surface area (Å²) in [6.07, 6.45) is 2.28. The number of benzene rings is 2. The lowest BCUT2D eigenvalue weighted by atomic mass is 9.89. The molecular weight excluding hydrogens is 448 g/mol. The zero-order valence-electron chi connectivity index (χ0n) is 19.3. The molecule has 0 spiro atoms. The van der Waals surface area contributed by atoms with Crippen LogP contribution in [-0.4, -0.2) is 46.1 Å². The Bertz CT molecular complexity index is 1370. The van der Waals surface area contributed by atoms with Crippen molar-refractivity contribution < 1.29 is 13.6 Å². The van der Waals surface area contributed by atoms with Crippen LogP contribution in [-0.2, 0) is 0 Å². The van der Waals surface area contributed by atoms with E-state index in [1.165, 1.54) is 11.6 Å². The number of fused-ring (bicyclic) bond motifs is 1. The molecule has 1 aliphatic rings. The monoisotopic (exact) mass is 473 g/mol. The molecule has 4 aromatic rings. The lowest BCUT2D eigenvalue weighted by molar-refractivity contribution is 0.102. The molecule has 0 atom stereocenters. The molecule has 1 N–H and O–H groups in total. The van der Waals surface area contributed by atoms with Crippen molar-refractivity contribution in [1.82, 2.24) is 20.1 Å². The SMILES string of the molecule is CN1CCC(c2cccc(C(=O)Nc3cc4cc(-c5cncc(C(F)F)c5)ccc4nn3)c2)CC1. The van der Waals surface area contributed by atoms with Gasteiger partial charge in [0, 0.05) is 34.5 Å². The van der Waals surface area contributed by atoms with Crippen LogP contribution < -0.4 is 5.32 Å². The van der Waals surface area contributed by atoms with Crippen LogP contribution in [0.4, 0.5) is 14.6 Å². The molecule has 3 heterocycles. The molecule has 2 aromatic carbocycles. The van der Waals surface area contributed by atoms with Crippen LogP contribution in [0.1, 0.15) is 46.7 Å². The summed E-state index contributed by atoms with van der Waals surface area (Å²) in [5.41, 5.74) is 3.56. The Morgan fingerprint density at radius 2 is 1.83 bits per heavy atom. The van der Waals surface area contributed by atoms with Crippen molar-refractivity contribution in [3.8, 4) is 11.1 Å². The summed E-state index contributed by atoms with van der Waals surface area (Å²) in [5.74, 6) is 0.526. The quantitative estimate of drug-likeness (QED) is 0.403. The highest BCUT2D eigenvalue weighted by Crippen LogP contribution is 2.29. The maximum atomic E-state index is 13.1. The number of halogens is 2. The minimum Gasteiger partial charge on any atom is -0.306 e. The van der Waals surface area contributed by atoms with E-state index in [9.17, 15) is 13.6 Å². The van der Waals surface area contributed by atoms with Gasteiger partial charge in [-0.2, -0.15) is 0 Å². The van der Waals surface area contributed by atoms with Crippen molar-refractivity contribution in [3.05, 3.63) is 83.7 Å². The number of aromatic nitrogens is 3. The number of nitrogens with zero attached hydrogens (tertiary/aromatic N) is 4. The number of carbonyl (C=O) groups excluding carboxylic acids is 1. The van der Waals surface area contributed by atoms with Gasteiger partial charge in [0.05, 0.1) is 5.52 Å². The van der Waals surface area contributed by atoms with Crippen molar-refractivity contribution in [3.63, 3.8) is 0 Å². The molecule has 1 amide bonds. The first-order chi connectivity index (χ1) is 17.0. The van der Waals surface area contributed by atoms with Gasteiger partial charge in [-0.1, -0.05) is 18.2 Å². The standard InChI is InChI=1S/C27H25F2N5O/c1-34-9-7-17(8-10-34)18-3-2-4-20(11-18)27(35)31-25-14-21-12-19(5-6-24(21)32-33-25)22-13-23(26(28)29)16-30-15-22/h2-6,11-17,26H,7-10H2,1H3,(H,31,33,35). The van der Waals surface area contributed by atoms with Crippen molar-refractivity contribution >= 4 is 22.6 Å². The normalized spacial score (nSPS) is 15.0. The summed E-state index contributed by atoms with van der Waals surface area (Å²) in [6.45, 7) is 2.11. The Morgan fingerprint density at radius 1 is 1.00 bits per heavy atom. The number of piperidine rings is 1. The van der Waals surface area contributed by atoms with Gasteiger partial charge in [-0.15, -0.1) is 10.2 Å². The van der Waals surface area contributed by atoms with Crippen LogP contribution in [0.2, 0.25) is 0 Å². The predicted molar refractivity (Wildman–Crippen MR) is 132 cm³/mol. The van der Waals surface area contributed by atoms with Crippen LogP contribution in [0.15, 0.2) is 67.0 Å². The number of rotatable bonds is 5. The molecule has 8 heteroatoms. The second kappa shape index (κ2) is 9.84. The van der Waals surface area contributed by atoms with Gasteiger partial charge in [0.1, 0.15) is 0 Å². The summed E-state index contributed by atoms with van der Waals surface area (Å²) in [5, 5.41) is 11.9. The van der Waals surface area contributed by atoms with Gasteiger partial charge in [0.25, 0.3) is 12.3 Å². The lowest BCUT2D eigenvalue weighted by Gasteiger charge is -2.29. The number of pyridine rings is 1. The van der Waals surface area contributed by atoms with Crippen molar-refractivity contribution in [2.45, 2.75) is 25.2 Å². The van der Waals surface area contributed by atoms with E-state index < -0.39 is 6.43 Å². The van der Waals surface area contributed by atoms with Gasteiger partial charge in [-0.25, -0.2) is 8.78 Å². The molecule has 6 nitrogen and oxygen atoms in total. The lowest BCUT2D eigenvalue weighted by Crippen LogP contribution is -2.29. The van der Waals surface area contributed by atoms with Gasteiger partial charge in [-0.3, -0.25) is 9.78 Å². The Labute approximate surface area is 202 Å². The third-order valence-corrected chi connectivity index (χ3v) is 6.51. The van der Waals surface area contributed by atoms with Crippen LogP contribution in [0, 0.1) is 0 Å². The van der Waals surface area contributed by atoms with Crippen molar-refractivity contribution in [2.75, 3.05) is 25.5 Å². The number of likely N-dealkylation sites (tertiary alicyclic amines) is 1. The third-order valence-electron chi connectivity index (χ3n) is 6.51. The van der Waals surface area contributed by atoms with Gasteiger partial charge < -0.3 is 10.2 Å². The first-order valence-corrected chi connectivity index (χ1v) is 11.6. The topological polar surface area (TPSA) is 71.0 Å². The fraction of sp³-hybridized carbons (Fsp3) is 0.259. The number of amides is 1. The van der Waals surface area contributed by atoms with Gasteiger partial charge in [0.2, 0.25) is 0 Å². The second-order valence-corrected chi connectivity index (χ2v) is 8.97. The van der Waals surface area contributed by atoms with E-state index in [1.54, 1.807) is 30.5 Å². The average Bonchev–Trinajstić information content (AvgIpc) is 2.89. The zero-order chi connectivity index (χ0) is 24.4. The zero-order valence-corrected chi connectivity index (χ0v) is 19.3. The largest absolute Gasteiger partial charge is 0.306 e. The summed E-state index contributed by atoms with van der Waals surface area (Å²) >= 11 is 0. The van der Waals surface area contributed by atoms with E-state index >= 15 is 0 Å². The number of nitrogens with one attached hydrogen (secondary N) is 1. The Morgan fingerprint density at radius 3 is 2.63 bits per heavy atom. The molecule has 178 valence electrons. The predicted octanol–water partition coefficient (Wildman–Crippen LogP) is 5.69. The summed E-state index contributed by atoms with van der Waals surface area (Å²) in [6, 6.07) is 16.3. The molecule has 1 fully saturated rings. The summed E-state index contributed by atoms with van der Waals surface area (Å²) in [4.78, 5) is 19.2.